The number of carbonyl (C=O) groups excluding carboxylic acids is 4. The maximum atomic E-state index is 13.8. The number of rotatable bonds is 7. The fourth-order valence-electron chi connectivity index (χ4n) is 6.47. The number of hydrogen-bond acceptors (Lipinski definition) is 7. The van der Waals surface area contributed by atoms with E-state index in [-0.39, 0.29) is 36.0 Å². The number of piperidine rings is 1. The summed E-state index contributed by atoms with van der Waals surface area (Å²) in [6.45, 7) is 3.45. The number of hydrogen-bond donors (Lipinski definition) is 4. The van der Waals surface area contributed by atoms with Gasteiger partial charge in [-0.25, -0.2) is 9.78 Å². The summed E-state index contributed by atoms with van der Waals surface area (Å²) in [7, 11) is 0. The van der Waals surface area contributed by atoms with E-state index in [0.29, 0.717) is 34.5 Å². The van der Waals surface area contributed by atoms with Gasteiger partial charge in [0.15, 0.2) is 5.69 Å². The molecule has 1 aliphatic heterocycles. The molecule has 1 saturated carbocycles. The van der Waals surface area contributed by atoms with E-state index in [1.165, 1.54) is 4.68 Å². The minimum absolute atomic E-state index is 0.0432. The molecule has 5 N–H and O–H groups in total. The number of nitriles is 1. The van der Waals surface area contributed by atoms with Crippen LogP contribution in [0.4, 0.5) is 16.3 Å². The number of allylic oxidation sites excluding steroid dienone is 3. The minimum atomic E-state index is -0.783. The summed E-state index contributed by atoms with van der Waals surface area (Å²) in [5, 5.41) is 22.3. The Kier molecular flexibility index (Phi) is 7.57. The Balaban J connectivity index is 1.19. The molecule has 13 nitrogen and oxygen atoms in total. The molecule has 1 unspecified atom stereocenters. The van der Waals surface area contributed by atoms with Gasteiger partial charge in [-0.3, -0.25) is 19.1 Å². The van der Waals surface area contributed by atoms with Crippen molar-refractivity contribution >= 4 is 46.2 Å². The van der Waals surface area contributed by atoms with Crippen molar-refractivity contribution in [1.29, 1.82) is 5.26 Å². The largest absolute Gasteiger partial charge is 0.364 e. The van der Waals surface area contributed by atoms with Gasteiger partial charge >= 0.3 is 6.03 Å². The number of urea groups is 1. The van der Waals surface area contributed by atoms with Crippen LogP contribution in [0.25, 0.3) is 10.9 Å². The third-order valence-electron chi connectivity index (χ3n) is 8.70. The van der Waals surface area contributed by atoms with E-state index in [0.717, 1.165) is 25.0 Å². The van der Waals surface area contributed by atoms with Crippen molar-refractivity contribution < 1.29 is 19.2 Å². The van der Waals surface area contributed by atoms with Crippen molar-refractivity contribution in [2.45, 2.75) is 58.2 Å². The predicted octanol–water partition coefficient (Wildman–Crippen LogP) is 3.35. The van der Waals surface area contributed by atoms with Gasteiger partial charge in [-0.05, 0) is 81.9 Å². The van der Waals surface area contributed by atoms with Gasteiger partial charge in [0.1, 0.15) is 18.4 Å². The molecule has 2 bridgehead atoms. The second kappa shape index (κ2) is 11.5. The number of likely N-dealkylation sites (tertiary alicyclic amines) is 1. The lowest BCUT2D eigenvalue weighted by Gasteiger charge is -2.34. The number of fused-ring (bicyclic) bond motifs is 3. The van der Waals surface area contributed by atoms with Crippen molar-refractivity contribution in [3.63, 3.8) is 0 Å². The molecule has 3 heterocycles. The van der Waals surface area contributed by atoms with Gasteiger partial charge in [-0.2, -0.15) is 10.4 Å². The third-order valence-corrected chi connectivity index (χ3v) is 8.70. The number of aromatic nitrogens is 3. The van der Waals surface area contributed by atoms with Crippen molar-refractivity contribution in [2.75, 3.05) is 10.6 Å². The second-order valence-electron chi connectivity index (χ2n) is 12.0. The standard InChI is InChI=1S/C32H33N9O4/c1-18-4-3-5-25(35-18)38-30(44)28-19-6-8-22(14-19)41(28)26(42)16-40-24-9-7-21(15-23(24)27(39-40)29(34)43)37-31(45)36-20-10-12-32(2,17-33)13-11-20/h3-5,7,9-12,15,19,22,28H,6,8,13-14,16H2,1-2H3,(H2,34,43)(H,35,38,44)(H2,36,37,45)/t19-,22+,28-,32?/m0/s1. The highest BCUT2D eigenvalue weighted by atomic mass is 16.2. The number of benzene rings is 1. The maximum absolute atomic E-state index is 13.8. The summed E-state index contributed by atoms with van der Waals surface area (Å²) in [4.78, 5) is 58.2. The first kappa shape index (κ1) is 29.6. The summed E-state index contributed by atoms with van der Waals surface area (Å²) >= 11 is 0. The highest BCUT2D eigenvalue weighted by Crippen LogP contribution is 2.43. The number of nitrogens with one attached hydrogen (secondary N) is 3. The summed E-state index contributed by atoms with van der Waals surface area (Å²) in [5.41, 5.74) is 7.18. The van der Waals surface area contributed by atoms with Crippen LogP contribution >= 0.6 is 0 Å². The fourth-order valence-corrected chi connectivity index (χ4v) is 6.47. The molecule has 13 heteroatoms. The zero-order chi connectivity index (χ0) is 31.9. The first-order chi connectivity index (χ1) is 21.5. The molecule has 1 saturated heterocycles. The van der Waals surface area contributed by atoms with Crippen LogP contribution < -0.4 is 21.7 Å². The molecule has 3 aliphatic rings. The number of nitrogens with zero attached hydrogens (tertiary/aromatic N) is 5. The molecule has 6 rings (SSSR count). The van der Waals surface area contributed by atoms with Gasteiger partial charge in [0, 0.05) is 28.5 Å². The van der Waals surface area contributed by atoms with Crippen LogP contribution in [-0.4, -0.2) is 55.5 Å². The first-order valence-corrected chi connectivity index (χ1v) is 14.8. The molecule has 3 aromatic rings. The van der Waals surface area contributed by atoms with E-state index in [9.17, 15) is 24.4 Å². The lowest BCUT2D eigenvalue weighted by atomic mass is 9.85. The second-order valence-corrected chi connectivity index (χ2v) is 12.0. The number of carbonyl (C=O) groups is 4. The van der Waals surface area contributed by atoms with E-state index < -0.39 is 23.4 Å². The fraction of sp³-hybridized carbons (Fsp3) is 0.344. The zero-order valence-corrected chi connectivity index (χ0v) is 24.9. The van der Waals surface area contributed by atoms with Crippen molar-refractivity contribution in [3.8, 4) is 6.07 Å². The predicted molar refractivity (Wildman–Crippen MR) is 165 cm³/mol. The van der Waals surface area contributed by atoms with Crippen LogP contribution in [0, 0.1) is 29.6 Å². The van der Waals surface area contributed by atoms with Gasteiger partial charge in [0.2, 0.25) is 11.8 Å². The summed E-state index contributed by atoms with van der Waals surface area (Å²) in [6.07, 6.45) is 8.10. The molecule has 45 heavy (non-hydrogen) atoms. The Hall–Kier alpha value is -5.51. The molecule has 2 fully saturated rings. The Morgan fingerprint density at radius 3 is 2.67 bits per heavy atom. The van der Waals surface area contributed by atoms with Crippen LogP contribution in [0.1, 0.15) is 48.8 Å². The number of anilines is 2. The Morgan fingerprint density at radius 2 is 1.96 bits per heavy atom. The van der Waals surface area contributed by atoms with Crippen LogP contribution in [0.3, 0.4) is 0 Å². The molecule has 0 spiro atoms. The van der Waals surface area contributed by atoms with Gasteiger partial charge in [0.25, 0.3) is 5.91 Å². The third kappa shape index (κ3) is 5.86. The maximum Gasteiger partial charge on any atom is 0.323 e. The number of aryl methyl sites for hydroxylation is 1. The lowest BCUT2D eigenvalue weighted by molar-refractivity contribution is -0.141. The van der Waals surface area contributed by atoms with E-state index in [4.69, 9.17) is 5.73 Å². The van der Waals surface area contributed by atoms with Crippen LogP contribution in [0.5, 0.6) is 0 Å². The van der Waals surface area contributed by atoms with Gasteiger partial charge in [0.05, 0.1) is 17.0 Å². The van der Waals surface area contributed by atoms with Gasteiger partial charge in [-0.1, -0.05) is 18.2 Å². The average Bonchev–Trinajstić information content (AvgIpc) is 3.72. The average molecular weight is 608 g/mol. The van der Waals surface area contributed by atoms with Crippen molar-refractivity contribution in [3.05, 3.63) is 71.7 Å². The Morgan fingerprint density at radius 1 is 1.13 bits per heavy atom. The molecule has 1 aromatic carbocycles. The molecule has 0 radical (unpaired) electrons. The molecular weight excluding hydrogens is 574 g/mol. The number of primary amides is 1. The quantitative estimate of drug-likeness (QED) is 0.317. The van der Waals surface area contributed by atoms with E-state index in [1.54, 1.807) is 47.4 Å². The van der Waals surface area contributed by atoms with Crippen LogP contribution in [0.15, 0.2) is 60.3 Å². The van der Waals surface area contributed by atoms with Gasteiger partial charge in [-0.15, -0.1) is 0 Å². The van der Waals surface area contributed by atoms with Crippen molar-refractivity contribution in [2.24, 2.45) is 17.1 Å². The minimum Gasteiger partial charge on any atom is -0.364 e. The SMILES string of the molecule is Cc1cccc(NC(=O)[C@@H]2[C@H]3CC[C@H](C3)N2C(=O)Cn2nc(C(N)=O)c3cc(NC(=O)NC4=CCC(C)(C#N)C=C4)ccc32)n1. The normalized spacial score (nSPS) is 23.4. The molecule has 5 amide bonds. The molecule has 4 atom stereocenters. The lowest BCUT2D eigenvalue weighted by Crippen LogP contribution is -2.52. The Bertz CT molecular complexity index is 1840. The molecular formula is C32H33N9O4. The van der Waals surface area contributed by atoms with Crippen molar-refractivity contribution in [1.82, 2.24) is 25.0 Å². The van der Waals surface area contributed by atoms with E-state index in [1.807, 2.05) is 26.0 Å². The summed E-state index contributed by atoms with van der Waals surface area (Å²) < 4.78 is 1.41. The van der Waals surface area contributed by atoms with Gasteiger partial charge < -0.3 is 26.6 Å². The zero-order valence-electron chi connectivity index (χ0n) is 24.9. The van der Waals surface area contributed by atoms with Crippen LogP contribution in [-0.2, 0) is 16.1 Å². The number of nitrogens with two attached hydrogens (primary N) is 1. The summed E-state index contributed by atoms with van der Waals surface area (Å²) in [6, 6.07) is 11.3. The Labute approximate surface area is 259 Å². The molecule has 2 aromatic heterocycles. The topological polar surface area (TPSA) is 188 Å². The highest BCUT2D eigenvalue weighted by Gasteiger charge is 2.51. The molecule has 230 valence electrons. The number of amides is 5. The number of pyridine rings is 1. The molecule has 2 aliphatic carbocycles. The smallest absolute Gasteiger partial charge is 0.323 e. The highest BCUT2D eigenvalue weighted by molar-refractivity contribution is 6.06. The van der Waals surface area contributed by atoms with E-state index in [2.05, 4.69) is 32.1 Å². The monoisotopic (exact) mass is 607 g/mol. The van der Waals surface area contributed by atoms with E-state index >= 15 is 0 Å². The first-order valence-electron chi connectivity index (χ1n) is 14.8. The van der Waals surface area contributed by atoms with Crippen LogP contribution in [0.2, 0.25) is 0 Å². The summed E-state index contributed by atoms with van der Waals surface area (Å²) in [5.74, 6) is -0.859.